The minimum absolute atomic E-state index is 0.0369. The lowest BCUT2D eigenvalue weighted by molar-refractivity contribution is -0.126. The summed E-state index contributed by atoms with van der Waals surface area (Å²) in [6.45, 7) is 5.34. The molecule has 0 bridgehead atoms. The third-order valence-electron chi connectivity index (χ3n) is 5.92. The average molecular weight is 483 g/mol. The Morgan fingerprint density at radius 1 is 0.906 bits per heavy atom. The molecule has 0 saturated carbocycles. The van der Waals surface area contributed by atoms with E-state index in [1.54, 1.807) is 0 Å². The Morgan fingerprint density at radius 3 is 1.84 bits per heavy atom. The van der Waals surface area contributed by atoms with Crippen LogP contribution in [-0.2, 0) is 6.42 Å². The second kappa shape index (κ2) is 9.77. The number of fused-ring (bicyclic) bond motifs is 2. The first-order valence-electron chi connectivity index (χ1n) is 10.9. The largest absolute Gasteiger partial charge is 0.507 e. The number of carbonyl (C=O) groups excluding carboxylic acids is 2. The van der Waals surface area contributed by atoms with Crippen LogP contribution in [0.1, 0.15) is 84.4 Å². The molecule has 0 aromatic heterocycles. The molecule has 1 aromatic rings. The number of hydrogen-bond donors (Lipinski definition) is 5. The van der Waals surface area contributed by atoms with Crippen molar-refractivity contribution in [3.8, 4) is 11.5 Å². The van der Waals surface area contributed by atoms with Crippen LogP contribution in [0.5, 0.6) is 11.5 Å². The fourth-order valence-electron chi connectivity index (χ4n) is 4.03. The zero-order valence-corrected chi connectivity index (χ0v) is 20.1. The van der Waals surface area contributed by atoms with Crippen LogP contribution >= 0.6 is 23.5 Å². The molecule has 0 amide bonds. The normalized spacial score (nSPS) is 25.2. The van der Waals surface area contributed by atoms with Gasteiger partial charge in [0.1, 0.15) is 23.7 Å². The van der Waals surface area contributed by atoms with E-state index in [-0.39, 0.29) is 38.5 Å². The molecule has 0 heterocycles. The van der Waals surface area contributed by atoms with Gasteiger partial charge in [-0.25, -0.2) is 0 Å². The zero-order chi connectivity index (χ0) is 23.8. The molecule has 0 aliphatic heterocycles. The Labute approximate surface area is 195 Å². The highest BCUT2D eigenvalue weighted by Gasteiger charge is 2.48. The van der Waals surface area contributed by atoms with Gasteiger partial charge in [-0.15, -0.1) is 23.5 Å². The van der Waals surface area contributed by atoms with Crippen LogP contribution in [0.4, 0.5) is 0 Å². The van der Waals surface area contributed by atoms with Gasteiger partial charge in [0.05, 0.1) is 26.5 Å². The van der Waals surface area contributed by atoms with Crippen LogP contribution in [0.15, 0.2) is 9.81 Å². The SMILES string of the molecule is CCCCSC1=C(SCCCC)C(=O)c2c(O)c3c(c(O)c2C1=O)CC(C)(O)C(O)C3O. The summed E-state index contributed by atoms with van der Waals surface area (Å²) in [6.07, 6.45) is -0.127. The molecular weight excluding hydrogens is 452 g/mol. The van der Waals surface area contributed by atoms with Crippen molar-refractivity contribution in [1.29, 1.82) is 0 Å². The maximum Gasteiger partial charge on any atom is 0.205 e. The highest BCUT2D eigenvalue weighted by Crippen LogP contribution is 2.52. The van der Waals surface area contributed by atoms with Crippen molar-refractivity contribution in [1.82, 2.24) is 0 Å². The summed E-state index contributed by atoms with van der Waals surface area (Å²) in [4.78, 5) is 27.4. The number of carbonyl (C=O) groups is 2. The van der Waals surface area contributed by atoms with Crippen LogP contribution in [0.3, 0.4) is 0 Å². The first-order chi connectivity index (χ1) is 15.1. The highest BCUT2D eigenvalue weighted by molar-refractivity contribution is 8.08. The molecular formula is C23H30O7S2. The molecule has 0 fully saturated rings. The van der Waals surface area contributed by atoms with Gasteiger partial charge in [0.15, 0.2) is 0 Å². The lowest BCUT2D eigenvalue weighted by Crippen LogP contribution is -2.48. The van der Waals surface area contributed by atoms with Gasteiger partial charge in [-0.3, -0.25) is 9.59 Å². The number of ketones is 2. The van der Waals surface area contributed by atoms with Crippen molar-refractivity contribution in [2.75, 3.05) is 11.5 Å². The first-order valence-corrected chi connectivity index (χ1v) is 12.8. The lowest BCUT2D eigenvalue weighted by atomic mass is 9.74. The number of Topliss-reactive ketones (excluding diaryl/α,β-unsaturated/α-hetero) is 2. The number of phenols is 2. The number of allylic oxidation sites excluding steroid dienone is 2. The number of aromatic hydroxyl groups is 2. The standard InChI is InChI=1S/C23H30O7S2/c1-4-6-8-31-20-17(26)13-14(18(27)21(20)32-9-7-5-2)16(25)12-11(15(13)24)10-23(3,30)22(29)19(12)28/h19,22,24-25,28-30H,4-10H2,1-3H3. The van der Waals surface area contributed by atoms with E-state index < -0.39 is 40.9 Å². The van der Waals surface area contributed by atoms with Gasteiger partial charge < -0.3 is 25.5 Å². The van der Waals surface area contributed by atoms with Gasteiger partial charge in [-0.1, -0.05) is 26.7 Å². The van der Waals surface area contributed by atoms with Gasteiger partial charge in [-0.2, -0.15) is 0 Å². The van der Waals surface area contributed by atoms with Crippen molar-refractivity contribution in [3.05, 3.63) is 32.1 Å². The maximum atomic E-state index is 13.5. The number of unbranched alkanes of at least 4 members (excludes halogenated alkanes) is 2. The molecule has 5 N–H and O–H groups in total. The number of hydrogen-bond acceptors (Lipinski definition) is 9. The van der Waals surface area contributed by atoms with E-state index in [2.05, 4.69) is 0 Å². The molecule has 0 saturated heterocycles. The molecule has 0 spiro atoms. The van der Waals surface area contributed by atoms with Crippen LogP contribution in [0.2, 0.25) is 0 Å². The average Bonchev–Trinajstić information content (AvgIpc) is 2.74. The predicted octanol–water partition coefficient (Wildman–Crippen LogP) is 3.46. The van der Waals surface area contributed by atoms with Crippen LogP contribution < -0.4 is 0 Å². The molecule has 1 aromatic carbocycles. The zero-order valence-electron chi connectivity index (χ0n) is 18.5. The second-order valence-electron chi connectivity index (χ2n) is 8.48. The Balaban J connectivity index is 2.19. The van der Waals surface area contributed by atoms with Crippen molar-refractivity contribution >= 4 is 35.1 Å². The maximum absolute atomic E-state index is 13.5. The summed E-state index contributed by atoms with van der Waals surface area (Å²) in [6, 6.07) is 0. The van der Waals surface area contributed by atoms with Crippen molar-refractivity contribution in [2.45, 2.75) is 70.7 Å². The molecule has 32 heavy (non-hydrogen) atoms. The molecule has 176 valence electrons. The first kappa shape index (κ1) is 25.1. The lowest BCUT2D eigenvalue weighted by Gasteiger charge is -2.39. The number of thioether (sulfide) groups is 2. The van der Waals surface area contributed by atoms with Gasteiger partial charge in [0.2, 0.25) is 11.6 Å². The monoisotopic (exact) mass is 482 g/mol. The fraction of sp³-hybridized carbons (Fsp3) is 0.565. The molecule has 2 aliphatic rings. The highest BCUT2D eigenvalue weighted by atomic mass is 32.2. The Bertz CT molecular complexity index is 968. The van der Waals surface area contributed by atoms with Gasteiger partial charge in [0, 0.05) is 17.5 Å². The summed E-state index contributed by atoms with van der Waals surface area (Å²) < 4.78 is 0. The van der Waals surface area contributed by atoms with Crippen molar-refractivity contribution < 1.29 is 35.1 Å². The van der Waals surface area contributed by atoms with Crippen molar-refractivity contribution in [3.63, 3.8) is 0 Å². The predicted molar refractivity (Wildman–Crippen MR) is 125 cm³/mol. The summed E-state index contributed by atoms with van der Waals surface area (Å²) >= 11 is 2.53. The van der Waals surface area contributed by atoms with E-state index in [0.29, 0.717) is 11.5 Å². The van der Waals surface area contributed by atoms with Gasteiger partial charge >= 0.3 is 0 Å². The molecule has 0 radical (unpaired) electrons. The third kappa shape index (κ3) is 4.21. The van der Waals surface area contributed by atoms with E-state index in [1.807, 2.05) is 13.8 Å². The van der Waals surface area contributed by atoms with E-state index >= 15 is 0 Å². The van der Waals surface area contributed by atoms with Crippen LogP contribution in [-0.4, -0.2) is 60.3 Å². The number of aliphatic hydroxyl groups excluding tert-OH is 2. The van der Waals surface area contributed by atoms with Gasteiger partial charge in [0.25, 0.3) is 0 Å². The minimum atomic E-state index is -1.79. The minimum Gasteiger partial charge on any atom is -0.507 e. The smallest absolute Gasteiger partial charge is 0.205 e. The van der Waals surface area contributed by atoms with Crippen molar-refractivity contribution in [2.24, 2.45) is 0 Å². The number of phenolic OH excluding ortho intramolecular Hbond substituents is 2. The molecule has 3 unspecified atom stereocenters. The molecule has 2 aliphatic carbocycles. The summed E-state index contributed by atoms with van der Waals surface area (Å²) in [5.74, 6) is -1.03. The molecule has 7 nitrogen and oxygen atoms in total. The molecule has 3 rings (SSSR count). The van der Waals surface area contributed by atoms with Crippen LogP contribution in [0, 0.1) is 0 Å². The molecule has 9 heteroatoms. The Morgan fingerprint density at radius 2 is 1.38 bits per heavy atom. The summed E-state index contributed by atoms with van der Waals surface area (Å²) in [5, 5.41) is 53.3. The summed E-state index contributed by atoms with van der Waals surface area (Å²) in [7, 11) is 0. The molecule has 3 atom stereocenters. The van der Waals surface area contributed by atoms with Crippen LogP contribution in [0.25, 0.3) is 0 Å². The summed E-state index contributed by atoms with van der Waals surface area (Å²) in [5.41, 5.74) is -2.70. The Hall–Kier alpha value is -1.52. The topological polar surface area (TPSA) is 135 Å². The van der Waals surface area contributed by atoms with E-state index in [1.165, 1.54) is 30.4 Å². The van der Waals surface area contributed by atoms with Gasteiger partial charge in [-0.05, 0) is 31.3 Å². The third-order valence-corrected chi connectivity index (χ3v) is 8.39. The quantitative estimate of drug-likeness (QED) is 0.279. The van der Waals surface area contributed by atoms with E-state index in [0.717, 1.165) is 25.7 Å². The number of rotatable bonds is 8. The second-order valence-corrected chi connectivity index (χ2v) is 10.7. The number of aliphatic hydroxyl groups is 3. The fourth-order valence-corrected chi connectivity index (χ4v) is 6.57. The Kier molecular flexibility index (Phi) is 7.66. The van der Waals surface area contributed by atoms with E-state index in [9.17, 15) is 35.1 Å². The number of benzene rings is 1. The van der Waals surface area contributed by atoms with E-state index in [4.69, 9.17) is 0 Å².